The fourth-order valence-corrected chi connectivity index (χ4v) is 4.36. The van der Waals surface area contributed by atoms with Crippen LogP contribution in [-0.4, -0.2) is 66.3 Å². The Morgan fingerprint density at radius 3 is 2.61 bits per heavy atom. The maximum atomic E-state index is 13.0. The van der Waals surface area contributed by atoms with E-state index in [-0.39, 0.29) is 42.6 Å². The Hall–Kier alpha value is -3.27. The number of amides is 4. The third-order valence-corrected chi connectivity index (χ3v) is 6.04. The monoisotopic (exact) mass is 428 g/mol. The van der Waals surface area contributed by atoms with Crippen LogP contribution in [0.4, 0.5) is 5.69 Å². The molecule has 0 aliphatic carbocycles. The van der Waals surface area contributed by atoms with Crippen molar-refractivity contribution in [1.82, 2.24) is 10.2 Å². The minimum absolute atomic E-state index is 0.0678. The number of carbonyl (C=O) groups is 5. The molecule has 3 aliphatic rings. The summed E-state index contributed by atoms with van der Waals surface area (Å²) in [4.78, 5) is 64.5. The van der Waals surface area contributed by atoms with Gasteiger partial charge >= 0.3 is 5.97 Å². The van der Waals surface area contributed by atoms with E-state index in [0.717, 1.165) is 4.90 Å². The smallest absolute Gasteiger partial charge is 0.312 e. The normalized spacial score (nSPS) is 26.1. The van der Waals surface area contributed by atoms with Gasteiger partial charge in [0, 0.05) is 31.2 Å². The van der Waals surface area contributed by atoms with Crippen molar-refractivity contribution >= 4 is 35.3 Å². The highest BCUT2D eigenvalue weighted by molar-refractivity contribution is 6.23. The van der Waals surface area contributed by atoms with Gasteiger partial charge in [0.1, 0.15) is 6.04 Å². The van der Waals surface area contributed by atoms with Crippen molar-refractivity contribution in [3.63, 3.8) is 0 Å². The molecule has 0 saturated carbocycles. The molecule has 164 valence electrons. The molecule has 3 heterocycles. The Balaban J connectivity index is 1.57. The van der Waals surface area contributed by atoms with Crippen molar-refractivity contribution in [3.8, 4) is 0 Å². The Bertz CT molecular complexity index is 977. The van der Waals surface area contributed by atoms with Crippen molar-refractivity contribution in [2.45, 2.75) is 38.3 Å². The number of nitrogens with zero attached hydrogens (tertiary/aromatic N) is 2. The molecule has 10 heteroatoms. The van der Waals surface area contributed by atoms with Crippen LogP contribution in [0.25, 0.3) is 0 Å². The minimum atomic E-state index is -1.00. The molecule has 3 aliphatic heterocycles. The summed E-state index contributed by atoms with van der Waals surface area (Å²) in [7, 11) is 0. The van der Waals surface area contributed by atoms with E-state index in [0.29, 0.717) is 25.2 Å². The van der Waals surface area contributed by atoms with E-state index < -0.39 is 35.6 Å². The largest absolute Gasteiger partial charge is 0.466 e. The van der Waals surface area contributed by atoms with E-state index in [1.54, 1.807) is 25.1 Å². The third-order valence-electron chi connectivity index (χ3n) is 6.04. The quantitative estimate of drug-likeness (QED) is 0.497. The summed E-state index contributed by atoms with van der Waals surface area (Å²) < 4.78 is 5.13. The zero-order chi connectivity index (χ0) is 22.3. The summed E-state index contributed by atoms with van der Waals surface area (Å²) in [5.74, 6) is -3.01. The van der Waals surface area contributed by atoms with E-state index in [1.807, 2.05) is 4.90 Å². The number of carbonyl (C=O) groups excluding carboxylic acids is 5. The zero-order valence-electron chi connectivity index (χ0n) is 17.1. The Labute approximate surface area is 178 Å². The molecule has 2 saturated heterocycles. The molecule has 0 aromatic heterocycles. The summed E-state index contributed by atoms with van der Waals surface area (Å²) in [5.41, 5.74) is 7.22. The highest BCUT2D eigenvalue weighted by Crippen LogP contribution is 2.32. The maximum absolute atomic E-state index is 13.0. The van der Waals surface area contributed by atoms with Crippen molar-refractivity contribution < 1.29 is 28.7 Å². The van der Waals surface area contributed by atoms with Gasteiger partial charge in [-0.25, -0.2) is 0 Å². The topological polar surface area (TPSA) is 139 Å². The number of benzene rings is 1. The molecule has 0 spiro atoms. The lowest BCUT2D eigenvalue weighted by Crippen LogP contribution is -2.54. The van der Waals surface area contributed by atoms with Crippen LogP contribution in [0, 0.1) is 5.92 Å². The first-order valence-electron chi connectivity index (χ1n) is 10.3. The fraction of sp³-hybridized carbons (Fsp3) is 0.476. The Morgan fingerprint density at radius 2 is 1.90 bits per heavy atom. The number of nitrogens with two attached hydrogens (primary N) is 1. The highest BCUT2D eigenvalue weighted by atomic mass is 16.5. The molecule has 1 aromatic carbocycles. The molecular formula is C21H24N4O6. The van der Waals surface area contributed by atoms with E-state index in [2.05, 4.69) is 5.32 Å². The first kappa shape index (κ1) is 21.0. The number of esters is 1. The molecule has 4 amide bonds. The van der Waals surface area contributed by atoms with Gasteiger partial charge in [-0.15, -0.1) is 0 Å². The van der Waals surface area contributed by atoms with Gasteiger partial charge in [-0.3, -0.25) is 34.2 Å². The summed E-state index contributed by atoms with van der Waals surface area (Å²) in [6, 6.07) is 3.58. The Kier molecular flexibility index (Phi) is 5.48. The lowest BCUT2D eigenvalue weighted by atomic mass is 9.92. The van der Waals surface area contributed by atoms with Gasteiger partial charge in [-0.05, 0) is 38.0 Å². The van der Waals surface area contributed by atoms with Crippen LogP contribution in [0.1, 0.15) is 46.9 Å². The van der Waals surface area contributed by atoms with Gasteiger partial charge in [0.15, 0.2) is 0 Å². The second kappa shape index (κ2) is 8.10. The number of hydrogen-bond donors (Lipinski definition) is 2. The second-order valence-electron chi connectivity index (χ2n) is 7.93. The summed E-state index contributed by atoms with van der Waals surface area (Å²) in [5, 5.41) is 2.18. The summed E-state index contributed by atoms with van der Waals surface area (Å²) >= 11 is 0. The van der Waals surface area contributed by atoms with Crippen molar-refractivity contribution in [1.29, 1.82) is 0 Å². The van der Waals surface area contributed by atoms with Crippen molar-refractivity contribution in [3.05, 3.63) is 29.3 Å². The fourth-order valence-electron chi connectivity index (χ4n) is 4.36. The van der Waals surface area contributed by atoms with E-state index in [1.165, 1.54) is 0 Å². The number of piperidine rings is 2. The van der Waals surface area contributed by atoms with Crippen LogP contribution in [0.15, 0.2) is 18.2 Å². The van der Waals surface area contributed by atoms with Crippen LogP contribution >= 0.6 is 0 Å². The van der Waals surface area contributed by atoms with Gasteiger partial charge in [-0.2, -0.15) is 0 Å². The molecule has 3 N–H and O–H groups in total. The predicted octanol–water partition coefficient (Wildman–Crippen LogP) is -0.195. The maximum Gasteiger partial charge on any atom is 0.312 e. The van der Waals surface area contributed by atoms with Gasteiger partial charge in [0.25, 0.3) is 11.8 Å². The highest BCUT2D eigenvalue weighted by Gasteiger charge is 2.45. The molecular weight excluding hydrogens is 404 g/mol. The average molecular weight is 428 g/mol. The number of imide groups is 2. The summed E-state index contributed by atoms with van der Waals surface area (Å²) in [6.45, 7) is 2.95. The second-order valence-corrected chi connectivity index (χ2v) is 7.93. The number of hydrogen-bond acceptors (Lipinski definition) is 8. The molecule has 3 unspecified atom stereocenters. The lowest BCUT2D eigenvalue weighted by Gasteiger charge is -2.37. The molecule has 0 bridgehead atoms. The Morgan fingerprint density at radius 1 is 1.16 bits per heavy atom. The predicted molar refractivity (Wildman–Crippen MR) is 108 cm³/mol. The SMILES string of the molecule is CCOC(=O)C1CN(c2ccc3c(c2)C(=O)N(C2CCC(=O)NC2=O)C3=O)CCC1N. The van der Waals surface area contributed by atoms with Crippen LogP contribution in [0.5, 0.6) is 0 Å². The average Bonchev–Trinajstić information content (AvgIpc) is 2.99. The van der Waals surface area contributed by atoms with Crippen LogP contribution in [-0.2, 0) is 19.1 Å². The number of fused-ring (bicyclic) bond motifs is 1. The molecule has 3 atom stereocenters. The third kappa shape index (κ3) is 3.67. The standard InChI is InChI=1S/C21H24N4O6/c1-2-31-21(30)14-10-24(8-7-15(14)22)11-3-4-12-13(9-11)20(29)25(19(12)28)16-5-6-17(26)23-18(16)27/h3-4,9,14-16H,2,5-8,10,22H2,1H3,(H,23,26,27). The van der Waals surface area contributed by atoms with E-state index >= 15 is 0 Å². The van der Waals surface area contributed by atoms with Crippen molar-refractivity contribution in [2.75, 3.05) is 24.6 Å². The molecule has 10 nitrogen and oxygen atoms in total. The van der Waals surface area contributed by atoms with Crippen LogP contribution < -0.4 is 16.0 Å². The lowest BCUT2D eigenvalue weighted by molar-refractivity contribution is -0.148. The number of anilines is 1. The van der Waals surface area contributed by atoms with Crippen LogP contribution in [0.3, 0.4) is 0 Å². The van der Waals surface area contributed by atoms with Crippen molar-refractivity contribution in [2.24, 2.45) is 11.7 Å². The zero-order valence-corrected chi connectivity index (χ0v) is 17.1. The first-order valence-corrected chi connectivity index (χ1v) is 10.3. The van der Waals surface area contributed by atoms with Gasteiger partial charge in [0.05, 0.1) is 23.7 Å². The van der Waals surface area contributed by atoms with Crippen LogP contribution in [0.2, 0.25) is 0 Å². The molecule has 4 rings (SSSR count). The van der Waals surface area contributed by atoms with E-state index in [9.17, 15) is 24.0 Å². The van der Waals surface area contributed by atoms with Gasteiger partial charge < -0.3 is 15.4 Å². The van der Waals surface area contributed by atoms with Gasteiger partial charge in [0.2, 0.25) is 11.8 Å². The molecule has 1 aromatic rings. The molecule has 31 heavy (non-hydrogen) atoms. The first-order chi connectivity index (χ1) is 14.8. The number of nitrogens with one attached hydrogen (secondary N) is 1. The summed E-state index contributed by atoms with van der Waals surface area (Å²) in [6.07, 6.45) is 0.752. The molecule has 0 radical (unpaired) electrons. The van der Waals surface area contributed by atoms with Gasteiger partial charge in [-0.1, -0.05) is 0 Å². The van der Waals surface area contributed by atoms with E-state index in [4.69, 9.17) is 10.5 Å². The number of rotatable bonds is 4. The minimum Gasteiger partial charge on any atom is -0.466 e. The number of ether oxygens (including phenoxy) is 1. The molecule has 2 fully saturated rings.